The molecule has 2 aromatic heterocycles. The summed E-state index contributed by atoms with van der Waals surface area (Å²) in [5.41, 5.74) is 10.2. The number of anilines is 3. The zero-order valence-electron chi connectivity index (χ0n) is 30.1. The molecule has 8 heteroatoms. The van der Waals surface area contributed by atoms with Gasteiger partial charge >= 0.3 is 5.97 Å². The molecule has 0 spiro atoms. The zero-order valence-corrected chi connectivity index (χ0v) is 30.9. The molecule has 0 aliphatic heterocycles. The van der Waals surface area contributed by atoms with Crippen LogP contribution in [0.4, 0.5) is 17.1 Å². The van der Waals surface area contributed by atoms with Gasteiger partial charge in [-0.05, 0) is 93.9 Å². The average Bonchev–Trinajstić information content (AvgIpc) is 3.88. The Morgan fingerprint density at radius 1 is 0.741 bits per heavy atom. The van der Waals surface area contributed by atoms with Crippen molar-refractivity contribution in [2.24, 2.45) is 0 Å². The number of aliphatic carboxylic acids is 1. The molecule has 0 fully saturated rings. The highest BCUT2D eigenvalue weighted by Gasteiger charge is 2.20. The van der Waals surface area contributed by atoms with Gasteiger partial charge < -0.3 is 10.0 Å². The van der Waals surface area contributed by atoms with Crippen LogP contribution in [0.5, 0.6) is 0 Å². The molecule has 0 unspecified atom stereocenters. The number of hydrogen-bond donors (Lipinski definition) is 1. The second kappa shape index (κ2) is 17.0. The molecule has 7 nitrogen and oxygen atoms in total. The Hall–Kier alpha value is -6.30. The van der Waals surface area contributed by atoms with Gasteiger partial charge in [-0.3, -0.25) is 4.79 Å². The lowest BCUT2D eigenvalue weighted by atomic mass is 9.98. The van der Waals surface area contributed by atoms with E-state index in [9.17, 15) is 9.90 Å². The topological polar surface area (TPSA) is 83.8 Å². The molecule has 0 radical (unpaired) electrons. The minimum Gasteiger partial charge on any atom is -0.486 e. The summed E-state index contributed by atoms with van der Waals surface area (Å²) in [6.07, 6.45) is 9.78. The van der Waals surface area contributed by atoms with Crippen molar-refractivity contribution in [3.63, 3.8) is 0 Å². The Kier molecular flexibility index (Phi) is 11.4. The SMILES string of the molecule is [C-]#[N+]/C(=C\c1ccc(-c2ccc(-c3cc(CCCCCCCC)c(-c4ccc(N(c5ccccc5)c5ccccc5)cc4)s3)c3nonc23)cc1)C(=O)O. The van der Waals surface area contributed by atoms with Gasteiger partial charge in [-0.1, -0.05) is 124 Å². The molecule has 54 heavy (non-hydrogen) atoms. The predicted octanol–water partition coefficient (Wildman–Crippen LogP) is 13.0. The van der Waals surface area contributed by atoms with Crippen LogP contribution in [-0.4, -0.2) is 21.4 Å². The third kappa shape index (κ3) is 8.02. The molecule has 0 amide bonds. The van der Waals surface area contributed by atoms with E-state index in [0.29, 0.717) is 16.6 Å². The highest BCUT2D eigenvalue weighted by Crippen LogP contribution is 2.43. The first-order valence-electron chi connectivity index (χ1n) is 18.4. The Labute approximate surface area is 319 Å². The molecule has 0 aliphatic rings. The van der Waals surface area contributed by atoms with Crippen LogP contribution in [-0.2, 0) is 11.2 Å². The highest BCUT2D eigenvalue weighted by atomic mass is 32.1. The van der Waals surface area contributed by atoms with E-state index in [1.54, 1.807) is 23.5 Å². The van der Waals surface area contributed by atoms with E-state index in [0.717, 1.165) is 51.5 Å². The molecule has 0 aliphatic carbocycles. The fourth-order valence-electron chi connectivity index (χ4n) is 6.81. The van der Waals surface area contributed by atoms with Crippen LogP contribution >= 0.6 is 11.3 Å². The number of benzene rings is 5. The first kappa shape index (κ1) is 36.1. The number of unbranched alkanes of at least 4 members (excludes halogenated alkanes) is 5. The number of carboxylic acid groups (broad SMARTS) is 1. The molecule has 1 N–H and O–H groups in total. The largest absolute Gasteiger partial charge is 0.486 e. The number of nitrogens with zero attached hydrogens (tertiary/aromatic N) is 4. The van der Waals surface area contributed by atoms with Crippen molar-refractivity contribution >= 4 is 51.5 Å². The van der Waals surface area contributed by atoms with Crippen LogP contribution in [0, 0.1) is 6.57 Å². The normalized spacial score (nSPS) is 11.4. The third-order valence-corrected chi connectivity index (χ3v) is 10.8. The third-order valence-electron chi connectivity index (χ3n) is 9.57. The van der Waals surface area contributed by atoms with Gasteiger partial charge in [0.2, 0.25) is 0 Å². The van der Waals surface area contributed by atoms with E-state index in [2.05, 4.69) is 112 Å². The molecule has 2 heterocycles. The van der Waals surface area contributed by atoms with Crippen LogP contribution in [0.3, 0.4) is 0 Å². The van der Waals surface area contributed by atoms with Gasteiger partial charge in [0.05, 0.1) is 6.57 Å². The number of fused-ring (bicyclic) bond motifs is 1. The van der Waals surface area contributed by atoms with Crippen molar-refractivity contribution < 1.29 is 14.5 Å². The zero-order chi connectivity index (χ0) is 37.3. The summed E-state index contributed by atoms with van der Waals surface area (Å²) in [7, 11) is 0. The molecule has 5 aromatic carbocycles. The fraction of sp³-hybridized carbons (Fsp3) is 0.174. The van der Waals surface area contributed by atoms with Crippen LogP contribution in [0.15, 0.2) is 138 Å². The van der Waals surface area contributed by atoms with Crippen molar-refractivity contribution in [2.45, 2.75) is 51.9 Å². The monoisotopic (exact) mass is 728 g/mol. The molecular formula is C46H40N4O3S. The number of rotatable bonds is 15. The van der Waals surface area contributed by atoms with Gasteiger partial charge in [-0.25, -0.2) is 9.47 Å². The summed E-state index contributed by atoms with van der Waals surface area (Å²) in [6, 6.07) is 43.6. The lowest BCUT2D eigenvalue weighted by Gasteiger charge is -2.25. The van der Waals surface area contributed by atoms with E-state index in [4.69, 9.17) is 11.2 Å². The van der Waals surface area contributed by atoms with E-state index < -0.39 is 5.97 Å². The first-order valence-corrected chi connectivity index (χ1v) is 19.2. The summed E-state index contributed by atoms with van der Waals surface area (Å²) in [5, 5.41) is 17.9. The minimum atomic E-state index is -1.25. The highest BCUT2D eigenvalue weighted by molar-refractivity contribution is 7.19. The van der Waals surface area contributed by atoms with Gasteiger partial charge in [-0.15, -0.1) is 11.3 Å². The van der Waals surface area contributed by atoms with E-state index in [1.165, 1.54) is 54.2 Å². The summed E-state index contributed by atoms with van der Waals surface area (Å²) < 4.78 is 5.34. The quantitative estimate of drug-likeness (QED) is 0.0643. The van der Waals surface area contributed by atoms with Gasteiger partial charge in [0.15, 0.2) is 0 Å². The minimum absolute atomic E-state index is 0.335. The fourth-order valence-corrected chi connectivity index (χ4v) is 8.05. The molecule has 268 valence electrons. The van der Waals surface area contributed by atoms with Gasteiger partial charge in [0.1, 0.15) is 11.0 Å². The molecule has 7 rings (SSSR count). The van der Waals surface area contributed by atoms with Crippen molar-refractivity contribution in [2.75, 3.05) is 4.90 Å². The number of aryl methyl sites for hydroxylation is 1. The van der Waals surface area contributed by atoms with Crippen molar-refractivity contribution in [3.05, 3.63) is 156 Å². The smallest absolute Gasteiger partial charge is 0.333 e. The molecule has 7 aromatic rings. The van der Waals surface area contributed by atoms with Crippen molar-refractivity contribution in [3.8, 4) is 32.0 Å². The molecular weight excluding hydrogens is 689 g/mol. The second-order valence-electron chi connectivity index (χ2n) is 13.2. The lowest BCUT2D eigenvalue weighted by molar-refractivity contribution is -0.132. The van der Waals surface area contributed by atoms with E-state index in [1.807, 2.05) is 30.3 Å². The first-order chi connectivity index (χ1) is 26.5. The maximum atomic E-state index is 11.3. The maximum absolute atomic E-state index is 11.3. The van der Waals surface area contributed by atoms with Crippen molar-refractivity contribution in [1.29, 1.82) is 0 Å². The number of para-hydroxylation sites is 2. The average molecular weight is 729 g/mol. The summed E-state index contributed by atoms with van der Waals surface area (Å²) >= 11 is 1.77. The molecule has 0 atom stereocenters. The number of aromatic nitrogens is 2. The second-order valence-corrected chi connectivity index (χ2v) is 14.3. The van der Waals surface area contributed by atoms with Gasteiger partial charge in [0, 0.05) is 37.9 Å². The predicted molar refractivity (Wildman–Crippen MR) is 220 cm³/mol. The summed E-state index contributed by atoms with van der Waals surface area (Å²) in [4.78, 5) is 19.1. The standard InChI is InChI=1S/C46H40N4O3S/c1-3-4-5-6-7-10-15-35-31-42(40-29-28-39(43-44(40)49-53-48-43)33-22-20-32(21-23-33)30-41(47-2)46(51)52)54-45(35)34-24-26-38(27-25-34)50(36-16-11-8-12-17-36)37-18-13-9-14-19-37/h8-9,11-14,16-31H,3-7,10,15H2,1H3,(H,51,52)/b41-30-. The summed E-state index contributed by atoms with van der Waals surface area (Å²) in [5.74, 6) is -1.25. The van der Waals surface area contributed by atoms with Crippen molar-refractivity contribution in [1.82, 2.24) is 10.3 Å². The Balaban J connectivity index is 1.22. The number of carboxylic acids is 1. The molecule has 0 saturated carbocycles. The Bertz CT molecular complexity index is 2370. The number of thiophene rings is 1. The Morgan fingerprint density at radius 2 is 1.31 bits per heavy atom. The summed E-state index contributed by atoms with van der Waals surface area (Å²) in [6.45, 7) is 9.39. The van der Waals surface area contributed by atoms with Crippen LogP contribution in [0.25, 0.3) is 54.0 Å². The van der Waals surface area contributed by atoms with Crippen LogP contribution in [0.1, 0.15) is 56.6 Å². The van der Waals surface area contributed by atoms with Crippen LogP contribution < -0.4 is 4.90 Å². The van der Waals surface area contributed by atoms with E-state index in [-0.39, 0.29) is 5.70 Å². The number of hydrogen-bond acceptors (Lipinski definition) is 6. The maximum Gasteiger partial charge on any atom is 0.333 e. The van der Waals surface area contributed by atoms with Crippen LogP contribution in [0.2, 0.25) is 0 Å². The lowest BCUT2D eigenvalue weighted by Crippen LogP contribution is -2.09. The van der Waals surface area contributed by atoms with E-state index >= 15 is 0 Å². The molecule has 0 saturated heterocycles. The van der Waals surface area contributed by atoms with Gasteiger partial charge in [-0.2, -0.15) is 0 Å². The van der Waals surface area contributed by atoms with Gasteiger partial charge in [0.25, 0.3) is 5.70 Å². The molecule has 0 bridgehead atoms. The number of carbonyl (C=O) groups is 1. The Morgan fingerprint density at radius 3 is 1.94 bits per heavy atom.